The molecule has 8 heteroatoms. The van der Waals surface area contributed by atoms with E-state index in [1.165, 1.54) is 30.3 Å². The molecule has 1 aliphatic rings. The second-order valence-corrected chi connectivity index (χ2v) is 9.97. The Morgan fingerprint density at radius 2 is 1.67 bits per heavy atom. The van der Waals surface area contributed by atoms with Gasteiger partial charge in [-0.1, -0.05) is 36.9 Å². The van der Waals surface area contributed by atoms with Gasteiger partial charge in [0.05, 0.1) is 41.2 Å². The van der Waals surface area contributed by atoms with Gasteiger partial charge in [0.25, 0.3) is 0 Å². The smallest absolute Gasteiger partial charge is 0.155 e. The maximum atomic E-state index is 4.67. The van der Waals surface area contributed by atoms with Crippen LogP contribution in [-0.2, 0) is 0 Å². The van der Waals surface area contributed by atoms with E-state index in [1.54, 1.807) is 6.20 Å². The van der Waals surface area contributed by atoms with E-state index in [1.807, 2.05) is 55.1 Å². The molecule has 0 spiro atoms. The molecule has 1 aromatic carbocycles. The number of piperidine rings is 1. The van der Waals surface area contributed by atoms with Gasteiger partial charge in [-0.15, -0.1) is 0 Å². The second-order valence-electron chi connectivity index (χ2n) is 9.97. The molecule has 6 aromatic rings. The number of rotatable bonds is 6. The molecule has 0 bridgehead atoms. The maximum absolute atomic E-state index is 4.67. The predicted octanol–water partition coefficient (Wildman–Crippen LogP) is 6.64. The van der Waals surface area contributed by atoms with E-state index in [0.29, 0.717) is 0 Å². The van der Waals surface area contributed by atoms with Crippen molar-refractivity contribution < 1.29 is 0 Å². The normalized spacial score (nSPS) is 13.7. The van der Waals surface area contributed by atoms with Crippen molar-refractivity contribution in [3.05, 3.63) is 91.7 Å². The van der Waals surface area contributed by atoms with Crippen LogP contribution in [0.5, 0.6) is 0 Å². The van der Waals surface area contributed by atoms with E-state index in [9.17, 15) is 0 Å². The van der Waals surface area contributed by atoms with Crippen molar-refractivity contribution in [1.29, 1.82) is 0 Å². The summed E-state index contributed by atoms with van der Waals surface area (Å²) in [5.41, 5.74) is 9.33. The lowest BCUT2D eigenvalue weighted by molar-refractivity contribution is 0.578. The van der Waals surface area contributed by atoms with E-state index in [2.05, 4.69) is 65.1 Å². The van der Waals surface area contributed by atoms with Crippen LogP contribution < -0.4 is 10.2 Å². The molecule has 0 unspecified atom stereocenters. The zero-order chi connectivity index (χ0) is 26.2. The van der Waals surface area contributed by atoms with E-state index < -0.39 is 0 Å². The van der Waals surface area contributed by atoms with Gasteiger partial charge in [0.1, 0.15) is 5.69 Å². The molecular formula is C31H28N8. The first-order valence-electron chi connectivity index (χ1n) is 13.3. The quantitative estimate of drug-likeness (QED) is 0.232. The van der Waals surface area contributed by atoms with Gasteiger partial charge in [-0.05, 0) is 43.0 Å². The van der Waals surface area contributed by atoms with Crippen LogP contribution in [0.15, 0.2) is 86.1 Å². The Balaban J connectivity index is 1.22. The number of nitrogens with one attached hydrogen (secondary N) is 3. The van der Waals surface area contributed by atoms with Gasteiger partial charge < -0.3 is 15.2 Å². The molecule has 0 amide bonds. The molecule has 192 valence electrons. The number of H-pyrrole nitrogens is 2. The van der Waals surface area contributed by atoms with Crippen molar-refractivity contribution in [2.24, 2.45) is 0 Å². The number of nitrogens with zero attached hydrogens (tertiary/aromatic N) is 5. The average Bonchev–Trinajstić information content (AvgIpc) is 3.62. The molecule has 7 rings (SSSR count). The standard InChI is InChI=1S/C31H28N8/c1-20(21-8-4-2-5-9-21)35-24-12-22(15-32-17-24)23-13-26-30(37-38-31(26)34-16-23)27-14-25-28(36-27)18-33-19-29(25)39-10-6-3-7-11-39/h2,4-5,8-9,12-19,35-36H,1,3,6-7,10-11H2,(H,34,37,38). The van der Waals surface area contributed by atoms with Gasteiger partial charge in [-0.3, -0.25) is 15.1 Å². The zero-order valence-corrected chi connectivity index (χ0v) is 21.5. The predicted molar refractivity (Wildman–Crippen MR) is 157 cm³/mol. The monoisotopic (exact) mass is 512 g/mol. The van der Waals surface area contributed by atoms with E-state index in [-0.39, 0.29) is 0 Å². The first-order valence-corrected chi connectivity index (χ1v) is 13.3. The van der Waals surface area contributed by atoms with Gasteiger partial charge in [0.15, 0.2) is 5.65 Å². The highest BCUT2D eigenvalue weighted by atomic mass is 15.2. The van der Waals surface area contributed by atoms with Crippen LogP contribution in [0.1, 0.15) is 24.8 Å². The minimum atomic E-state index is 0.737. The highest BCUT2D eigenvalue weighted by molar-refractivity contribution is 5.99. The molecule has 6 heterocycles. The summed E-state index contributed by atoms with van der Waals surface area (Å²) in [4.78, 5) is 19.6. The third-order valence-electron chi connectivity index (χ3n) is 7.38. The molecule has 0 atom stereocenters. The fraction of sp³-hybridized carbons (Fsp3) is 0.161. The molecular weight excluding hydrogens is 484 g/mol. The Kier molecular flexibility index (Phi) is 5.77. The number of pyridine rings is 3. The first kappa shape index (κ1) is 23.2. The minimum absolute atomic E-state index is 0.737. The third kappa shape index (κ3) is 4.40. The summed E-state index contributed by atoms with van der Waals surface area (Å²) >= 11 is 0. The Bertz CT molecular complexity index is 1790. The minimum Gasteiger partial charge on any atom is -0.370 e. The Morgan fingerprint density at radius 1 is 0.846 bits per heavy atom. The molecule has 3 N–H and O–H groups in total. The molecule has 1 aliphatic heterocycles. The van der Waals surface area contributed by atoms with Crippen LogP contribution in [0.2, 0.25) is 0 Å². The molecule has 8 nitrogen and oxygen atoms in total. The lowest BCUT2D eigenvalue weighted by atomic mass is 10.1. The first-order chi connectivity index (χ1) is 19.2. The Hall–Kier alpha value is -4.98. The van der Waals surface area contributed by atoms with E-state index >= 15 is 0 Å². The third-order valence-corrected chi connectivity index (χ3v) is 7.38. The van der Waals surface area contributed by atoms with Crippen molar-refractivity contribution in [2.75, 3.05) is 23.3 Å². The lowest BCUT2D eigenvalue weighted by Crippen LogP contribution is -2.29. The zero-order valence-electron chi connectivity index (χ0n) is 21.5. The second kappa shape index (κ2) is 9.72. The van der Waals surface area contributed by atoms with Gasteiger partial charge in [-0.25, -0.2) is 4.98 Å². The summed E-state index contributed by atoms with van der Waals surface area (Å²) < 4.78 is 0. The molecule has 39 heavy (non-hydrogen) atoms. The fourth-order valence-electron chi connectivity index (χ4n) is 5.37. The fourth-order valence-corrected chi connectivity index (χ4v) is 5.37. The molecule has 0 radical (unpaired) electrons. The van der Waals surface area contributed by atoms with Gasteiger partial charge in [-0.2, -0.15) is 5.10 Å². The van der Waals surface area contributed by atoms with Gasteiger partial charge >= 0.3 is 0 Å². The summed E-state index contributed by atoms with van der Waals surface area (Å²) in [6.45, 7) is 6.32. The highest BCUT2D eigenvalue weighted by Crippen LogP contribution is 2.35. The van der Waals surface area contributed by atoms with Crippen LogP contribution in [0.3, 0.4) is 0 Å². The van der Waals surface area contributed by atoms with Gasteiger partial charge in [0, 0.05) is 53.1 Å². The Labute approximate surface area is 225 Å². The van der Waals surface area contributed by atoms with Crippen molar-refractivity contribution in [2.45, 2.75) is 19.3 Å². The number of fused-ring (bicyclic) bond motifs is 2. The summed E-state index contributed by atoms with van der Waals surface area (Å²) in [7, 11) is 0. The number of hydrogen-bond acceptors (Lipinski definition) is 6. The molecule has 0 aliphatic carbocycles. The SMILES string of the molecule is C=C(Nc1cncc(-c2cnc3[nH]nc(-c4cc5c(N6CCCCC6)cncc5[nH]4)c3c2)c1)c1ccccc1. The van der Waals surface area contributed by atoms with Crippen molar-refractivity contribution in [3.8, 4) is 22.5 Å². The molecule has 0 saturated carbocycles. The van der Waals surface area contributed by atoms with Crippen LogP contribution >= 0.6 is 0 Å². The van der Waals surface area contributed by atoms with Crippen LogP contribution in [0, 0.1) is 0 Å². The number of hydrogen-bond donors (Lipinski definition) is 3. The number of aromatic nitrogens is 6. The number of anilines is 2. The largest absolute Gasteiger partial charge is 0.370 e. The molecule has 5 aromatic heterocycles. The van der Waals surface area contributed by atoms with Crippen LogP contribution in [-0.4, -0.2) is 43.2 Å². The van der Waals surface area contributed by atoms with E-state index in [4.69, 9.17) is 0 Å². The van der Waals surface area contributed by atoms with E-state index in [0.717, 1.165) is 69.1 Å². The van der Waals surface area contributed by atoms with Crippen molar-refractivity contribution in [1.82, 2.24) is 30.1 Å². The highest BCUT2D eigenvalue weighted by Gasteiger charge is 2.18. The number of aromatic amines is 2. The topological polar surface area (TPSA) is 98.4 Å². The summed E-state index contributed by atoms with van der Waals surface area (Å²) in [6.07, 6.45) is 13.1. The molecule has 1 fully saturated rings. The lowest BCUT2D eigenvalue weighted by Gasteiger charge is -2.28. The van der Waals surface area contributed by atoms with Crippen LogP contribution in [0.4, 0.5) is 11.4 Å². The summed E-state index contributed by atoms with van der Waals surface area (Å²) in [6, 6.07) is 16.4. The Morgan fingerprint density at radius 3 is 2.54 bits per heavy atom. The summed E-state index contributed by atoms with van der Waals surface area (Å²) in [5, 5.41) is 13.2. The van der Waals surface area contributed by atoms with Gasteiger partial charge in [0.2, 0.25) is 0 Å². The van der Waals surface area contributed by atoms with Crippen LogP contribution in [0.25, 0.3) is 50.1 Å². The van der Waals surface area contributed by atoms with Crippen molar-refractivity contribution in [3.63, 3.8) is 0 Å². The summed E-state index contributed by atoms with van der Waals surface area (Å²) in [5.74, 6) is 0. The maximum Gasteiger partial charge on any atom is 0.155 e. The molecule has 1 saturated heterocycles. The van der Waals surface area contributed by atoms with Crippen molar-refractivity contribution >= 4 is 39.0 Å². The average molecular weight is 513 g/mol. The number of benzene rings is 1.